The fourth-order valence-corrected chi connectivity index (χ4v) is 3.51. The van der Waals surface area contributed by atoms with Crippen molar-refractivity contribution in [3.8, 4) is 0 Å². The number of carboxylic acids is 1. The highest BCUT2D eigenvalue weighted by Crippen LogP contribution is 2.31. The van der Waals surface area contributed by atoms with E-state index in [1.807, 2.05) is 0 Å². The van der Waals surface area contributed by atoms with E-state index in [-0.39, 0.29) is 5.82 Å². The number of hydrogen-bond donors (Lipinski definition) is 3. The lowest BCUT2D eigenvalue weighted by molar-refractivity contribution is 0.0697. The van der Waals surface area contributed by atoms with Crippen molar-refractivity contribution in [2.45, 2.75) is 20.4 Å². The van der Waals surface area contributed by atoms with Gasteiger partial charge in [0, 0.05) is 21.9 Å². The molecule has 0 aliphatic carbocycles. The summed E-state index contributed by atoms with van der Waals surface area (Å²) in [5.41, 5.74) is -0.716. The van der Waals surface area contributed by atoms with E-state index in [0.717, 1.165) is 9.64 Å². The van der Waals surface area contributed by atoms with Gasteiger partial charge >= 0.3 is 5.97 Å². The summed E-state index contributed by atoms with van der Waals surface area (Å²) in [6.45, 7) is 3.98. The van der Waals surface area contributed by atoms with Crippen molar-refractivity contribution in [3.63, 3.8) is 0 Å². The van der Waals surface area contributed by atoms with Gasteiger partial charge in [-0.3, -0.25) is 4.79 Å². The molecule has 156 valence electrons. The van der Waals surface area contributed by atoms with Crippen LogP contribution in [0.5, 0.6) is 0 Å². The van der Waals surface area contributed by atoms with Crippen molar-refractivity contribution in [1.82, 2.24) is 9.78 Å². The molecule has 2 aromatic carbocycles. The molecule has 0 unspecified atom stereocenters. The monoisotopic (exact) mass is 526 g/mol. The summed E-state index contributed by atoms with van der Waals surface area (Å²) in [5, 5.41) is 18.6. The molecule has 0 aliphatic heterocycles. The van der Waals surface area contributed by atoms with Gasteiger partial charge in [0.05, 0.1) is 23.0 Å². The van der Waals surface area contributed by atoms with E-state index in [1.54, 1.807) is 32.0 Å². The third kappa shape index (κ3) is 4.27. The molecule has 7 nitrogen and oxygen atoms in total. The Balaban J connectivity index is 2.03. The Labute approximate surface area is 184 Å². The number of rotatable bonds is 6. The number of amides is 1. The lowest BCUT2D eigenvalue weighted by atomic mass is 10.0. The summed E-state index contributed by atoms with van der Waals surface area (Å²) >= 11 is 2.10. The maximum atomic E-state index is 14.9. The first kappa shape index (κ1) is 21.7. The van der Waals surface area contributed by atoms with Crippen LogP contribution in [-0.4, -0.2) is 26.8 Å². The van der Waals surface area contributed by atoms with Gasteiger partial charge in [-0.15, -0.1) is 0 Å². The highest BCUT2D eigenvalue weighted by Gasteiger charge is 2.26. The normalized spacial score (nSPS) is 10.7. The predicted octanol–water partition coefficient (Wildman–Crippen LogP) is 4.79. The van der Waals surface area contributed by atoms with Gasteiger partial charge in [0.15, 0.2) is 11.6 Å². The molecule has 1 heterocycles. The van der Waals surface area contributed by atoms with Gasteiger partial charge in [-0.05, 0) is 66.3 Å². The van der Waals surface area contributed by atoms with Crippen molar-refractivity contribution >= 4 is 51.7 Å². The molecule has 1 amide bonds. The summed E-state index contributed by atoms with van der Waals surface area (Å²) in [5.74, 6) is -5.13. The van der Waals surface area contributed by atoms with Gasteiger partial charge in [0.2, 0.25) is 0 Å². The molecule has 0 radical (unpaired) electrons. The maximum Gasteiger partial charge on any atom is 0.337 e. The highest BCUT2D eigenvalue weighted by atomic mass is 127. The second kappa shape index (κ2) is 8.78. The Morgan fingerprint density at radius 2 is 1.90 bits per heavy atom. The van der Waals surface area contributed by atoms with Gasteiger partial charge in [-0.2, -0.15) is 5.10 Å². The maximum absolute atomic E-state index is 14.9. The number of halogens is 3. The quantitative estimate of drug-likeness (QED) is 0.402. The third-order valence-corrected chi connectivity index (χ3v) is 5.06. The van der Waals surface area contributed by atoms with Crippen molar-refractivity contribution in [2.24, 2.45) is 0 Å². The average Bonchev–Trinajstić information content (AvgIpc) is 3.14. The van der Waals surface area contributed by atoms with Crippen LogP contribution in [-0.2, 0) is 6.54 Å². The van der Waals surface area contributed by atoms with Crippen LogP contribution in [0, 0.1) is 22.1 Å². The lowest BCUT2D eigenvalue weighted by Gasteiger charge is -2.16. The van der Waals surface area contributed by atoms with E-state index in [9.17, 15) is 23.5 Å². The molecule has 0 saturated heterocycles. The number of carbonyl (C=O) groups excluding carboxylic acids is 1. The van der Waals surface area contributed by atoms with Crippen LogP contribution in [0.2, 0.25) is 0 Å². The van der Waals surface area contributed by atoms with Crippen molar-refractivity contribution in [2.75, 3.05) is 10.6 Å². The van der Waals surface area contributed by atoms with Gasteiger partial charge < -0.3 is 15.7 Å². The minimum atomic E-state index is -1.51. The topological polar surface area (TPSA) is 96.2 Å². The van der Waals surface area contributed by atoms with Crippen molar-refractivity contribution in [1.29, 1.82) is 0 Å². The van der Waals surface area contributed by atoms with E-state index in [1.165, 1.54) is 16.9 Å². The molecule has 0 saturated carbocycles. The van der Waals surface area contributed by atoms with Gasteiger partial charge in [-0.25, -0.2) is 18.3 Å². The molecule has 1 aromatic heterocycles. The van der Waals surface area contributed by atoms with E-state index in [0.29, 0.717) is 17.8 Å². The first-order valence-electron chi connectivity index (χ1n) is 8.84. The second-order valence-electron chi connectivity index (χ2n) is 6.35. The highest BCUT2D eigenvalue weighted by molar-refractivity contribution is 14.1. The number of aryl methyl sites for hydroxylation is 2. The van der Waals surface area contributed by atoms with Crippen LogP contribution in [0.3, 0.4) is 0 Å². The average molecular weight is 526 g/mol. The molecule has 3 aromatic rings. The van der Waals surface area contributed by atoms with Gasteiger partial charge in [0.1, 0.15) is 5.82 Å². The summed E-state index contributed by atoms with van der Waals surface area (Å²) in [4.78, 5) is 24.2. The number of nitrogens with one attached hydrogen (secondary N) is 2. The summed E-state index contributed by atoms with van der Waals surface area (Å²) in [6.07, 6.45) is 1.44. The number of aromatic carboxylic acids is 1. The number of carboxylic acid groups (broad SMARTS) is 1. The molecule has 3 N–H and O–H groups in total. The van der Waals surface area contributed by atoms with Crippen LogP contribution in [0.1, 0.15) is 33.2 Å². The Bertz CT molecular complexity index is 1150. The zero-order valence-corrected chi connectivity index (χ0v) is 18.1. The number of hydrogen-bond acceptors (Lipinski definition) is 4. The van der Waals surface area contributed by atoms with E-state index < -0.39 is 40.3 Å². The lowest BCUT2D eigenvalue weighted by Crippen LogP contribution is -2.19. The first-order valence-corrected chi connectivity index (χ1v) is 9.92. The predicted molar refractivity (Wildman–Crippen MR) is 116 cm³/mol. The Morgan fingerprint density at radius 3 is 2.53 bits per heavy atom. The second-order valence-corrected chi connectivity index (χ2v) is 7.60. The van der Waals surface area contributed by atoms with Gasteiger partial charge in [0.25, 0.3) is 5.91 Å². The minimum Gasteiger partial charge on any atom is -0.478 e. The largest absolute Gasteiger partial charge is 0.478 e. The SMILES string of the molecule is CCn1nccc1NC(=O)c1cc(C(=O)O)c(Nc2ccc(I)cc2C)c(F)c1F. The summed E-state index contributed by atoms with van der Waals surface area (Å²) in [7, 11) is 0. The molecular formula is C20H17F2IN4O3. The van der Waals surface area contributed by atoms with Crippen LogP contribution in [0.15, 0.2) is 36.5 Å². The molecule has 0 atom stereocenters. The zero-order chi connectivity index (χ0) is 22.0. The molecule has 30 heavy (non-hydrogen) atoms. The minimum absolute atomic E-state index is 0.274. The number of nitrogens with zero attached hydrogens (tertiary/aromatic N) is 2. The fraction of sp³-hybridized carbons (Fsp3) is 0.150. The first-order chi connectivity index (χ1) is 14.2. The molecule has 0 spiro atoms. The molecule has 0 aliphatic rings. The number of carbonyl (C=O) groups is 2. The summed E-state index contributed by atoms with van der Waals surface area (Å²) in [6, 6.07) is 7.47. The fourth-order valence-electron chi connectivity index (χ4n) is 2.86. The van der Waals surface area contributed by atoms with Crippen LogP contribution < -0.4 is 10.6 Å². The smallest absolute Gasteiger partial charge is 0.337 e. The molecule has 0 fully saturated rings. The number of benzene rings is 2. The standard InChI is InChI=1S/C20H17F2IN4O3/c1-3-27-15(6-7-24-27)26-19(28)12-9-13(20(29)30)18(17(22)16(12)21)25-14-5-4-11(23)8-10(14)2/h4-9,25H,3H2,1-2H3,(H,26,28)(H,29,30). The molecular weight excluding hydrogens is 509 g/mol. The van der Waals surface area contributed by atoms with Gasteiger partial charge in [-0.1, -0.05) is 0 Å². The van der Waals surface area contributed by atoms with Crippen LogP contribution >= 0.6 is 22.6 Å². The number of aromatic nitrogens is 2. The molecule has 0 bridgehead atoms. The van der Waals surface area contributed by atoms with E-state index in [4.69, 9.17) is 0 Å². The third-order valence-electron chi connectivity index (χ3n) is 4.39. The molecule has 3 rings (SSSR count). The van der Waals surface area contributed by atoms with Crippen LogP contribution in [0.4, 0.5) is 26.0 Å². The van der Waals surface area contributed by atoms with Crippen molar-refractivity contribution < 1.29 is 23.5 Å². The zero-order valence-electron chi connectivity index (χ0n) is 16.0. The van der Waals surface area contributed by atoms with Crippen LogP contribution in [0.25, 0.3) is 0 Å². The Morgan fingerprint density at radius 1 is 1.17 bits per heavy atom. The Hall–Kier alpha value is -3.02. The number of anilines is 3. The van der Waals surface area contributed by atoms with E-state index >= 15 is 0 Å². The van der Waals surface area contributed by atoms with Crippen molar-refractivity contribution in [3.05, 3.63) is 68.4 Å². The molecule has 10 heteroatoms. The Kier molecular flexibility index (Phi) is 6.34. The van der Waals surface area contributed by atoms with E-state index in [2.05, 4.69) is 38.3 Å². The summed E-state index contributed by atoms with van der Waals surface area (Å²) < 4.78 is 32.0.